The maximum Gasteiger partial charge on any atom is 0.167 e. The van der Waals surface area contributed by atoms with Gasteiger partial charge < -0.3 is 4.74 Å². The SMILES string of the molecule is CCCCCc1ccc(-c2ccc(-c3ccc(OCCCC)cc3)c(F)c2F)cc1. The molecule has 0 N–H and O–H groups in total. The summed E-state index contributed by atoms with van der Waals surface area (Å²) in [6.45, 7) is 4.94. The van der Waals surface area contributed by atoms with Crippen molar-refractivity contribution in [3.63, 3.8) is 0 Å². The number of unbranched alkanes of at least 4 members (excludes halogenated alkanes) is 3. The average Bonchev–Trinajstić information content (AvgIpc) is 2.77. The molecule has 0 heterocycles. The molecule has 0 atom stereocenters. The summed E-state index contributed by atoms with van der Waals surface area (Å²) in [6, 6.07) is 18.2. The second kappa shape index (κ2) is 10.9. The molecule has 3 aromatic carbocycles. The molecule has 0 spiro atoms. The topological polar surface area (TPSA) is 9.23 Å². The number of hydrogen-bond donors (Lipinski definition) is 0. The van der Waals surface area contributed by atoms with Gasteiger partial charge in [-0.05, 0) is 48.1 Å². The third-order valence-electron chi connectivity index (χ3n) is 5.35. The lowest BCUT2D eigenvalue weighted by atomic mass is 9.97. The molecule has 3 aromatic rings. The van der Waals surface area contributed by atoms with Gasteiger partial charge in [0.05, 0.1) is 6.61 Å². The lowest BCUT2D eigenvalue weighted by Gasteiger charge is -2.11. The van der Waals surface area contributed by atoms with E-state index in [1.165, 1.54) is 18.4 Å². The molecule has 0 aliphatic carbocycles. The predicted octanol–water partition coefficient (Wildman–Crippen LogP) is 8.21. The van der Waals surface area contributed by atoms with E-state index in [4.69, 9.17) is 4.74 Å². The molecule has 0 amide bonds. The number of ether oxygens (including phenoxy) is 1. The van der Waals surface area contributed by atoms with E-state index in [1.54, 1.807) is 36.4 Å². The fraction of sp³-hybridized carbons (Fsp3) is 0.333. The van der Waals surface area contributed by atoms with Gasteiger partial charge in [-0.2, -0.15) is 0 Å². The zero-order valence-electron chi connectivity index (χ0n) is 17.9. The lowest BCUT2D eigenvalue weighted by molar-refractivity contribution is 0.309. The maximum atomic E-state index is 14.9. The van der Waals surface area contributed by atoms with Crippen LogP contribution in [0.4, 0.5) is 8.78 Å². The summed E-state index contributed by atoms with van der Waals surface area (Å²) in [7, 11) is 0. The van der Waals surface area contributed by atoms with E-state index in [1.807, 2.05) is 24.3 Å². The molecule has 1 nitrogen and oxygen atoms in total. The minimum Gasteiger partial charge on any atom is -0.494 e. The lowest BCUT2D eigenvalue weighted by Crippen LogP contribution is -1.97. The van der Waals surface area contributed by atoms with Crippen molar-refractivity contribution in [3.05, 3.63) is 77.9 Å². The van der Waals surface area contributed by atoms with Crippen LogP contribution in [0.3, 0.4) is 0 Å². The quantitative estimate of drug-likeness (QED) is 0.307. The Bertz CT molecular complexity index is 852. The summed E-state index contributed by atoms with van der Waals surface area (Å²) in [5.74, 6) is -0.891. The highest BCUT2D eigenvalue weighted by molar-refractivity contribution is 5.72. The standard InChI is InChI=1S/C27H30F2O/c1-3-5-7-8-20-9-11-21(12-10-20)24-17-18-25(27(29)26(24)28)22-13-15-23(16-14-22)30-19-6-4-2/h9-18H,3-8,19H2,1-2H3. The minimum atomic E-state index is -0.820. The molecule has 0 saturated carbocycles. The van der Waals surface area contributed by atoms with Crippen molar-refractivity contribution in [2.75, 3.05) is 6.61 Å². The maximum absolute atomic E-state index is 14.9. The zero-order valence-corrected chi connectivity index (χ0v) is 17.9. The molecule has 0 aliphatic heterocycles. The molecule has 0 bridgehead atoms. The molecule has 0 saturated heterocycles. The second-order valence-corrected chi connectivity index (χ2v) is 7.67. The van der Waals surface area contributed by atoms with Crippen LogP contribution < -0.4 is 4.74 Å². The predicted molar refractivity (Wildman–Crippen MR) is 121 cm³/mol. The van der Waals surface area contributed by atoms with Crippen molar-refractivity contribution in [1.82, 2.24) is 0 Å². The minimum absolute atomic E-state index is 0.257. The normalized spacial score (nSPS) is 10.9. The summed E-state index contributed by atoms with van der Waals surface area (Å²) in [6.07, 6.45) is 6.61. The van der Waals surface area contributed by atoms with Crippen LogP contribution in [0.25, 0.3) is 22.3 Å². The van der Waals surface area contributed by atoms with Crippen LogP contribution in [0.2, 0.25) is 0 Å². The van der Waals surface area contributed by atoms with Crippen molar-refractivity contribution >= 4 is 0 Å². The van der Waals surface area contributed by atoms with Crippen LogP contribution in [0, 0.1) is 11.6 Å². The molecule has 3 rings (SSSR count). The van der Waals surface area contributed by atoms with Gasteiger partial charge in [-0.3, -0.25) is 0 Å². The van der Waals surface area contributed by atoms with Crippen LogP contribution in [0.1, 0.15) is 51.5 Å². The van der Waals surface area contributed by atoms with Crippen LogP contribution in [-0.2, 0) is 6.42 Å². The van der Waals surface area contributed by atoms with Crippen LogP contribution in [-0.4, -0.2) is 6.61 Å². The van der Waals surface area contributed by atoms with Crippen molar-refractivity contribution < 1.29 is 13.5 Å². The largest absolute Gasteiger partial charge is 0.494 e. The zero-order chi connectivity index (χ0) is 21.3. The Morgan fingerprint density at radius 1 is 0.633 bits per heavy atom. The highest BCUT2D eigenvalue weighted by Gasteiger charge is 2.16. The van der Waals surface area contributed by atoms with Gasteiger partial charge in [0.25, 0.3) is 0 Å². The van der Waals surface area contributed by atoms with Gasteiger partial charge in [0.15, 0.2) is 11.6 Å². The molecule has 0 unspecified atom stereocenters. The van der Waals surface area contributed by atoms with Gasteiger partial charge in [0.1, 0.15) is 5.75 Å². The second-order valence-electron chi connectivity index (χ2n) is 7.67. The molecule has 0 radical (unpaired) electrons. The van der Waals surface area contributed by atoms with Gasteiger partial charge in [-0.25, -0.2) is 8.78 Å². The number of rotatable bonds is 10. The third-order valence-corrected chi connectivity index (χ3v) is 5.35. The molecule has 0 aromatic heterocycles. The average molecular weight is 409 g/mol. The van der Waals surface area contributed by atoms with Crippen molar-refractivity contribution in [3.8, 4) is 28.0 Å². The van der Waals surface area contributed by atoms with Crippen molar-refractivity contribution in [2.45, 2.75) is 52.4 Å². The molecular weight excluding hydrogens is 378 g/mol. The van der Waals surface area contributed by atoms with E-state index < -0.39 is 11.6 Å². The first-order valence-electron chi connectivity index (χ1n) is 10.9. The Kier molecular flexibility index (Phi) is 8.01. The monoisotopic (exact) mass is 408 g/mol. The molecular formula is C27H30F2O. The first-order valence-corrected chi connectivity index (χ1v) is 10.9. The molecule has 158 valence electrons. The summed E-state index contributed by atoms with van der Waals surface area (Å²) >= 11 is 0. The van der Waals surface area contributed by atoms with Gasteiger partial charge in [-0.1, -0.05) is 81.6 Å². The van der Waals surface area contributed by atoms with Crippen LogP contribution in [0.15, 0.2) is 60.7 Å². The Hall–Kier alpha value is -2.68. The fourth-order valence-electron chi connectivity index (χ4n) is 3.49. The van der Waals surface area contributed by atoms with E-state index in [-0.39, 0.29) is 11.1 Å². The molecule has 0 aliphatic rings. The number of halogens is 2. The van der Waals surface area contributed by atoms with Gasteiger partial charge in [0.2, 0.25) is 0 Å². The molecule has 0 fully saturated rings. The summed E-state index contributed by atoms with van der Waals surface area (Å²) in [5, 5.41) is 0. The fourth-order valence-corrected chi connectivity index (χ4v) is 3.49. The molecule has 30 heavy (non-hydrogen) atoms. The summed E-state index contributed by atoms with van der Waals surface area (Å²) in [5.41, 5.74) is 3.10. The van der Waals surface area contributed by atoms with Crippen molar-refractivity contribution in [2.24, 2.45) is 0 Å². The smallest absolute Gasteiger partial charge is 0.167 e. The first-order chi connectivity index (χ1) is 14.6. The highest BCUT2D eigenvalue weighted by atomic mass is 19.2. The molecule has 3 heteroatoms. The van der Waals surface area contributed by atoms with Crippen molar-refractivity contribution in [1.29, 1.82) is 0 Å². The Morgan fingerprint density at radius 3 is 1.70 bits per heavy atom. The third kappa shape index (κ3) is 5.47. The number of hydrogen-bond acceptors (Lipinski definition) is 1. The Labute approximate surface area is 178 Å². The Balaban J connectivity index is 1.77. The van der Waals surface area contributed by atoms with Gasteiger partial charge >= 0.3 is 0 Å². The van der Waals surface area contributed by atoms with Gasteiger partial charge in [-0.15, -0.1) is 0 Å². The number of aryl methyl sites for hydroxylation is 1. The highest BCUT2D eigenvalue weighted by Crippen LogP contribution is 2.32. The summed E-state index contributed by atoms with van der Waals surface area (Å²) in [4.78, 5) is 0. The van der Waals surface area contributed by atoms with Crippen LogP contribution >= 0.6 is 0 Å². The van der Waals surface area contributed by atoms with E-state index in [0.717, 1.165) is 31.4 Å². The summed E-state index contributed by atoms with van der Waals surface area (Å²) < 4.78 is 35.4. The van der Waals surface area contributed by atoms with Gasteiger partial charge in [0, 0.05) is 11.1 Å². The Morgan fingerprint density at radius 2 is 1.17 bits per heavy atom. The van der Waals surface area contributed by atoms with Crippen LogP contribution in [0.5, 0.6) is 5.75 Å². The van der Waals surface area contributed by atoms with E-state index >= 15 is 0 Å². The van der Waals surface area contributed by atoms with E-state index in [2.05, 4.69) is 13.8 Å². The number of benzene rings is 3. The first kappa shape index (κ1) is 22.0. The van der Waals surface area contributed by atoms with E-state index in [0.29, 0.717) is 17.7 Å². The van der Waals surface area contributed by atoms with E-state index in [9.17, 15) is 8.78 Å².